The van der Waals surface area contributed by atoms with Crippen LogP contribution in [0.3, 0.4) is 0 Å². The van der Waals surface area contributed by atoms with Crippen molar-refractivity contribution in [1.29, 1.82) is 0 Å². The molecule has 1 heterocycles. The van der Waals surface area contributed by atoms with Gasteiger partial charge in [-0.15, -0.1) is 0 Å². The Bertz CT molecular complexity index is 979. The molecule has 0 aromatic heterocycles. The Morgan fingerprint density at radius 2 is 1.58 bits per heavy atom. The van der Waals surface area contributed by atoms with Gasteiger partial charge in [0.2, 0.25) is 10.0 Å². The van der Waals surface area contributed by atoms with Gasteiger partial charge in [0.05, 0.1) is 14.9 Å². The van der Waals surface area contributed by atoms with Crippen LogP contribution in [0.4, 0.5) is 4.39 Å². The van der Waals surface area contributed by atoms with E-state index in [1.165, 1.54) is 12.1 Å². The predicted molar refractivity (Wildman–Crippen MR) is 124 cm³/mol. The number of nitrogens with zero attached hydrogens (tertiary/aromatic N) is 2. The highest BCUT2D eigenvalue weighted by Crippen LogP contribution is 2.23. The molecule has 0 amide bonds. The molecule has 2 aromatic carbocycles. The van der Waals surface area contributed by atoms with Crippen LogP contribution in [0.1, 0.15) is 19.4 Å². The van der Waals surface area contributed by atoms with Gasteiger partial charge in [0.1, 0.15) is 5.82 Å². The van der Waals surface area contributed by atoms with E-state index in [1.807, 2.05) is 32.0 Å². The first kappa shape index (κ1) is 24.4. The van der Waals surface area contributed by atoms with Gasteiger partial charge in [-0.2, -0.15) is 0 Å². The fraction of sp³-hybridized carbons (Fsp3) is 0.455. The number of benzene rings is 2. The summed E-state index contributed by atoms with van der Waals surface area (Å²) in [5.41, 5.74) is 1.12. The predicted octanol–water partition coefficient (Wildman–Crippen LogP) is 4.25. The first-order valence-electron chi connectivity index (χ1n) is 10.3. The molecule has 1 fully saturated rings. The van der Waals surface area contributed by atoms with Crippen LogP contribution in [0, 0.1) is 11.7 Å². The van der Waals surface area contributed by atoms with E-state index < -0.39 is 15.8 Å². The van der Waals surface area contributed by atoms with Crippen molar-refractivity contribution in [1.82, 2.24) is 14.5 Å². The molecule has 1 aliphatic rings. The molecule has 0 radical (unpaired) electrons. The molecule has 0 spiro atoms. The Morgan fingerprint density at radius 3 is 2.16 bits per heavy atom. The van der Waals surface area contributed by atoms with E-state index in [0.29, 0.717) is 16.6 Å². The number of nitrogens with one attached hydrogen (secondary N) is 1. The van der Waals surface area contributed by atoms with Crippen LogP contribution in [0.2, 0.25) is 10.0 Å². The average Bonchev–Trinajstić information content (AvgIpc) is 2.72. The van der Waals surface area contributed by atoms with E-state index in [2.05, 4.69) is 14.5 Å². The summed E-state index contributed by atoms with van der Waals surface area (Å²) in [6, 6.07) is 10.4. The maximum atomic E-state index is 13.1. The quantitative estimate of drug-likeness (QED) is 0.604. The van der Waals surface area contributed by atoms with Crippen molar-refractivity contribution < 1.29 is 12.8 Å². The molecule has 2 aromatic rings. The normalized spacial score (nSPS) is 17.2. The van der Waals surface area contributed by atoms with Gasteiger partial charge in [0.25, 0.3) is 0 Å². The molecule has 1 aliphatic heterocycles. The summed E-state index contributed by atoms with van der Waals surface area (Å²) in [6.45, 7) is 8.89. The molecule has 0 bridgehead atoms. The molecular formula is C22H28Cl2FN3O2S. The maximum Gasteiger partial charge on any atom is 0.240 e. The molecule has 9 heteroatoms. The fourth-order valence-corrected chi connectivity index (χ4v) is 5.27. The number of rotatable bonds is 8. The van der Waals surface area contributed by atoms with E-state index >= 15 is 0 Å². The zero-order valence-electron chi connectivity index (χ0n) is 17.7. The zero-order valence-corrected chi connectivity index (χ0v) is 20.0. The minimum absolute atomic E-state index is 0.0750. The van der Waals surface area contributed by atoms with Gasteiger partial charge in [-0.3, -0.25) is 9.80 Å². The van der Waals surface area contributed by atoms with Gasteiger partial charge in [-0.1, -0.05) is 43.1 Å². The van der Waals surface area contributed by atoms with E-state index in [1.54, 1.807) is 0 Å². The third-order valence-electron chi connectivity index (χ3n) is 5.55. The van der Waals surface area contributed by atoms with Gasteiger partial charge in [0, 0.05) is 45.3 Å². The van der Waals surface area contributed by atoms with Crippen LogP contribution in [0.25, 0.3) is 0 Å². The lowest BCUT2D eigenvalue weighted by atomic mass is 10.0. The van der Waals surface area contributed by atoms with Crippen molar-refractivity contribution in [3.8, 4) is 0 Å². The minimum Gasteiger partial charge on any atom is -0.299 e. The van der Waals surface area contributed by atoms with Crippen LogP contribution in [0.5, 0.6) is 0 Å². The van der Waals surface area contributed by atoms with Gasteiger partial charge in [0.15, 0.2) is 0 Å². The Labute approximate surface area is 194 Å². The number of piperazine rings is 1. The van der Waals surface area contributed by atoms with Gasteiger partial charge < -0.3 is 0 Å². The van der Waals surface area contributed by atoms with Crippen LogP contribution >= 0.6 is 23.2 Å². The Hall–Kier alpha value is -1.22. The minimum atomic E-state index is -3.71. The number of hydrogen-bond donors (Lipinski definition) is 1. The number of sulfonamides is 1. The Morgan fingerprint density at radius 1 is 0.968 bits per heavy atom. The van der Waals surface area contributed by atoms with E-state index in [0.717, 1.165) is 50.4 Å². The van der Waals surface area contributed by atoms with Crippen molar-refractivity contribution >= 4 is 33.2 Å². The fourth-order valence-electron chi connectivity index (χ4n) is 3.57. The van der Waals surface area contributed by atoms with Gasteiger partial charge >= 0.3 is 0 Å². The Balaban J connectivity index is 1.55. The molecule has 0 aliphatic carbocycles. The van der Waals surface area contributed by atoms with Crippen LogP contribution in [-0.2, 0) is 16.6 Å². The molecule has 5 nitrogen and oxygen atoms in total. The monoisotopic (exact) mass is 487 g/mol. The van der Waals surface area contributed by atoms with E-state index in [-0.39, 0.29) is 16.9 Å². The standard InChI is InChI=1S/C22H28Cl2FN3O2S/c1-16(2)22(26-31(29,30)19-6-4-18(25)5-7-19)15-28-11-9-27(10-12-28)14-17-3-8-20(23)21(24)13-17/h3-8,13,16,22,26H,9-12,14-15H2,1-2H3/t22-/m0/s1. The second kappa shape index (κ2) is 10.6. The molecule has 1 atom stereocenters. The van der Waals surface area contributed by atoms with Crippen LogP contribution in [0.15, 0.2) is 47.4 Å². The first-order valence-corrected chi connectivity index (χ1v) is 12.5. The van der Waals surface area contributed by atoms with Gasteiger partial charge in [-0.25, -0.2) is 17.5 Å². The molecule has 1 N–H and O–H groups in total. The first-order chi connectivity index (χ1) is 14.6. The second-order valence-electron chi connectivity index (χ2n) is 8.25. The molecule has 1 saturated heterocycles. The lowest BCUT2D eigenvalue weighted by Gasteiger charge is -2.37. The van der Waals surface area contributed by atoms with Crippen LogP contribution < -0.4 is 4.72 Å². The third-order valence-corrected chi connectivity index (χ3v) is 7.79. The van der Waals surface area contributed by atoms with Crippen molar-refractivity contribution in [2.24, 2.45) is 5.92 Å². The molecule has 3 rings (SSSR count). The summed E-state index contributed by atoms with van der Waals surface area (Å²) >= 11 is 12.1. The van der Waals surface area contributed by atoms with E-state index in [9.17, 15) is 12.8 Å². The second-order valence-corrected chi connectivity index (χ2v) is 10.8. The summed E-state index contributed by atoms with van der Waals surface area (Å²) < 4.78 is 41.4. The molecule has 0 unspecified atom stereocenters. The maximum absolute atomic E-state index is 13.1. The van der Waals surface area contributed by atoms with Crippen LogP contribution in [-0.4, -0.2) is 57.0 Å². The molecular weight excluding hydrogens is 460 g/mol. The average molecular weight is 488 g/mol. The number of halogens is 3. The summed E-state index contributed by atoms with van der Waals surface area (Å²) in [5.74, 6) is -0.345. The molecule has 31 heavy (non-hydrogen) atoms. The van der Waals surface area contributed by atoms with Crippen molar-refractivity contribution in [3.05, 3.63) is 63.9 Å². The summed E-state index contributed by atoms with van der Waals surface area (Å²) in [4.78, 5) is 4.71. The zero-order chi connectivity index (χ0) is 22.6. The largest absolute Gasteiger partial charge is 0.299 e. The summed E-state index contributed by atoms with van der Waals surface area (Å²) in [5, 5.41) is 1.11. The van der Waals surface area contributed by atoms with Crippen molar-refractivity contribution in [2.45, 2.75) is 31.3 Å². The lowest BCUT2D eigenvalue weighted by molar-refractivity contribution is 0.115. The topological polar surface area (TPSA) is 52.6 Å². The smallest absolute Gasteiger partial charge is 0.240 e. The number of hydrogen-bond acceptors (Lipinski definition) is 4. The Kier molecular flexibility index (Phi) is 8.35. The highest BCUT2D eigenvalue weighted by Gasteiger charge is 2.26. The lowest BCUT2D eigenvalue weighted by Crippen LogP contribution is -2.52. The summed E-state index contributed by atoms with van der Waals surface area (Å²) in [7, 11) is -3.71. The third kappa shape index (κ3) is 6.88. The van der Waals surface area contributed by atoms with Crippen molar-refractivity contribution in [3.63, 3.8) is 0 Å². The molecule has 0 saturated carbocycles. The SMILES string of the molecule is CC(C)[C@H](CN1CCN(Cc2ccc(Cl)c(Cl)c2)CC1)NS(=O)(=O)c1ccc(F)cc1. The van der Waals surface area contributed by atoms with Crippen molar-refractivity contribution in [2.75, 3.05) is 32.7 Å². The highest BCUT2D eigenvalue weighted by molar-refractivity contribution is 7.89. The highest BCUT2D eigenvalue weighted by atomic mass is 35.5. The van der Waals surface area contributed by atoms with Gasteiger partial charge in [-0.05, 0) is 47.9 Å². The molecule has 170 valence electrons. The van der Waals surface area contributed by atoms with E-state index in [4.69, 9.17) is 23.2 Å². The summed E-state index contributed by atoms with van der Waals surface area (Å²) in [6.07, 6.45) is 0.